The van der Waals surface area contributed by atoms with Gasteiger partial charge in [0.2, 0.25) is 0 Å². The average molecular weight is 307 g/mol. The lowest BCUT2D eigenvalue weighted by Gasteiger charge is -2.22. The van der Waals surface area contributed by atoms with Gasteiger partial charge in [0.25, 0.3) is 0 Å². The molecule has 0 aromatic heterocycles. The van der Waals surface area contributed by atoms with Gasteiger partial charge in [0.15, 0.2) is 0 Å². The first-order valence-electron chi connectivity index (χ1n) is 5.54. The highest BCUT2D eigenvalue weighted by atomic mass is 79.9. The molecule has 0 spiro atoms. The molecule has 0 amide bonds. The Morgan fingerprint density at radius 3 is 2.61 bits per heavy atom. The fourth-order valence-corrected chi connectivity index (χ4v) is 2.15. The predicted octanol–water partition coefficient (Wildman–Crippen LogP) is 3.81. The Balaban J connectivity index is 2.44. The van der Waals surface area contributed by atoms with Gasteiger partial charge in [-0.1, -0.05) is 22.0 Å². The van der Waals surface area contributed by atoms with Crippen molar-refractivity contribution in [3.8, 4) is 5.75 Å². The van der Waals surface area contributed by atoms with Crippen LogP contribution in [-0.4, -0.2) is 14.2 Å². The molecule has 0 aliphatic carbocycles. The summed E-state index contributed by atoms with van der Waals surface area (Å²) in [6.07, 6.45) is 0. The van der Waals surface area contributed by atoms with Crippen LogP contribution in [0.2, 0.25) is 0 Å². The van der Waals surface area contributed by atoms with Gasteiger partial charge in [0, 0.05) is 22.9 Å². The minimum absolute atomic E-state index is 0.744. The van der Waals surface area contributed by atoms with Gasteiger partial charge in [-0.25, -0.2) is 0 Å². The number of anilines is 3. The smallest absolute Gasteiger partial charge is 0.142 e. The van der Waals surface area contributed by atoms with Gasteiger partial charge in [-0.2, -0.15) is 0 Å². The summed E-state index contributed by atoms with van der Waals surface area (Å²) in [5, 5.41) is 0. The Hall–Kier alpha value is -1.68. The lowest BCUT2D eigenvalue weighted by atomic mass is 10.2. The van der Waals surface area contributed by atoms with E-state index in [0.717, 1.165) is 27.3 Å². The molecule has 4 heteroatoms. The van der Waals surface area contributed by atoms with E-state index in [1.165, 1.54) is 0 Å². The van der Waals surface area contributed by atoms with Crippen molar-refractivity contribution in [1.29, 1.82) is 0 Å². The Kier molecular flexibility index (Phi) is 3.77. The minimum atomic E-state index is 0.744. The largest absolute Gasteiger partial charge is 0.495 e. The number of hydrogen-bond acceptors (Lipinski definition) is 3. The van der Waals surface area contributed by atoms with Crippen LogP contribution in [0, 0.1) is 0 Å². The summed E-state index contributed by atoms with van der Waals surface area (Å²) in [5.41, 5.74) is 8.56. The number of ether oxygens (including phenoxy) is 1. The zero-order valence-electron chi connectivity index (χ0n) is 10.4. The first-order valence-corrected chi connectivity index (χ1v) is 6.34. The van der Waals surface area contributed by atoms with Gasteiger partial charge in [-0.05, 0) is 36.4 Å². The number of hydrogen-bond donors (Lipinski definition) is 1. The van der Waals surface area contributed by atoms with Crippen LogP contribution in [0.1, 0.15) is 0 Å². The standard InChI is InChI=1S/C14H15BrN2O/c1-17(12-5-3-4-11(16)9-12)13-8-10(15)6-7-14(13)18-2/h3-9H,16H2,1-2H3. The summed E-state index contributed by atoms with van der Waals surface area (Å²) < 4.78 is 6.39. The fourth-order valence-electron chi connectivity index (χ4n) is 1.80. The minimum Gasteiger partial charge on any atom is -0.495 e. The molecular formula is C14H15BrN2O. The number of nitrogens with two attached hydrogens (primary N) is 1. The third kappa shape index (κ3) is 2.59. The van der Waals surface area contributed by atoms with E-state index < -0.39 is 0 Å². The topological polar surface area (TPSA) is 38.5 Å². The molecule has 2 N–H and O–H groups in total. The van der Waals surface area contributed by atoms with Crippen LogP contribution in [0.5, 0.6) is 5.75 Å². The van der Waals surface area contributed by atoms with Crippen LogP contribution in [0.4, 0.5) is 17.1 Å². The molecule has 0 fully saturated rings. The highest BCUT2D eigenvalue weighted by Gasteiger charge is 2.10. The van der Waals surface area contributed by atoms with E-state index >= 15 is 0 Å². The summed E-state index contributed by atoms with van der Waals surface area (Å²) in [4.78, 5) is 2.04. The SMILES string of the molecule is COc1ccc(Br)cc1N(C)c1cccc(N)c1. The summed E-state index contributed by atoms with van der Waals surface area (Å²) >= 11 is 3.47. The van der Waals surface area contributed by atoms with Crippen molar-refractivity contribution in [3.63, 3.8) is 0 Å². The third-order valence-electron chi connectivity index (χ3n) is 2.76. The van der Waals surface area contributed by atoms with Crippen molar-refractivity contribution in [1.82, 2.24) is 0 Å². The second-order valence-corrected chi connectivity index (χ2v) is 4.89. The van der Waals surface area contributed by atoms with Crippen LogP contribution in [0.25, 0.3) is 0 Å². The summed E-state index contributed by atoms with van der Waals surface area (Å²) in [6.45, 7) is 0. The van der Waals surface area contributed by atoms with E-state index in [-0.39, 0.29) is 0 Å². The van der Waals surface area contributed by atoms with E-state index in [1.54, 1.807) is 7.11 Å². The van der Waals surface area contributed by atoms with E-state index in [4.69, 9.17) is 10.5 Å². The molecule has 0 atom stereocenters. The second-order valence-electron chi connectivity index (χ2n) is 3.97. The van der Waals surface area contributed by atoms with Crippen molar-refractivity contribution in [2.45, 2.75) is 0 Å². The Labute approximate surface area is 115 Å². The zero-order valence-corrected chi connectivity index (χ0v) is 11.9. The number of benzene rings is 2. The molecule has 0 saturated carbocycles. The van der Waals surface area contributed by atoms with Gasteiger partial charge < -0.3 is 15.4 Å². The molecule has 94 valence electrons. The lowest BCUT2D eigenvalue weighted by molar-refractivity contribution is 0.415. The molecule has 0 heterocycles. The fraction of sp³-hybridized carbons (Fsp3) is 0.143. The first-order chi connectivity index (χ1) is 8.61. The highest BCUT2D eigenvalue weighted by molar-refractivity contribution is 9.10. The first kappa shape index (κ1) is 12.8. The van der Waals surface area contributed by atoms with Crippen molar-refractivity contribution in [3.05, 3.63) is 46.9 Å². The summed E-state index contributed by atoms with van der Waals surface area (Å²) in [7, 11) is 3.65. The predicted molar refractivity (Wildman–Crippen MR) is 79.6 cm³/mol. The number of methoxy groups -OCH3 is 1. The van der Waals surface area contributed by atoms with E-state index in [2.05, 4.69) is 15.9 Å². The van der Waals surface area contributed by atoms with Gasteiger partial charge >= 0.3 is 0 Å². The molecule has 0 unspecified atom stereocenters. The number of nitrogen functional groups attached to an aromatic ring is 1. The molecule has 2 aromatic carbocycles. The number of rotatable bonds is 3. The van der Waals surface area contributed by atoms with Crippen LogP contribution in [-0.2, 0) is 0 Å². The molecule has 2 rings (SSSR count). The van der Waals surface area contributed by atoms with Crippen LogP contribution in [0.3, 0.4) is 0 Å². The van der Waals surface area contributed by atoms with E-state index in [0.29, 0.717) is 0 Å². The molecule has 18 heavy (non-hydrogen) atoms. The maximum Gasteiger partial charge on any atom is 0.142 e. The maximum absolute atomic E-state index is 5.81. The van der Waals surface area contributed by atoms with E-state index in [1.807, 2.05) is 54.4 Å². The number of nitrogens with zero attached hydrogens (tertiary/aromatic N) is 1. The van der Waals surface area contributed by atoms with Crippen molar-refractivity contribution >= 4 is 33.0 Å². The maximum atomic E-state index is 5.81. The van der Waals surface area contributed by atoms with Gasteiger partial charge in [-0.3, -0.25) is 0 Å². The van der Waals surface area contributed by atoms with Crippen LogP contribution < -0.4 is 15.4 Å². The lowest BCUT2D eigenvalue weighted by Crippen LogP contribution is -2.11. The Morgan fingerprint density at radius 1 is 1.17 bits per heavy atom. The molecule has 2 aromatic rings. The van der Waals surface area contributed by atoms with Crippen LogP contribution in [0.15, 0.2) is 46.9 Å². The Bertz CT molecular complexity index is 557. The average Bonchev–Trinajstić information content (AvgIpc) is 2.38. The highest BCUT2D eigenvalue weighted by Crippen LogP contribution is 2.35. The molecule has 0 aliphatic heterocycles. The second kappa shape index (κ2) is 5.31. The van der Waals surface area contributed by atoms with Gasteiger partial charge in [0.1, 0.15) is 5.75 Å². The summed E-state index contributed by atoms with van der Waals surface area (Å²) in [6, 6.07) is 13.7. The summed E-state index contributed by atoms with van der Waals surface area (Å²) in [5.74, 6) is 0.822. The molecule has 0 saturated heterocycles. The van der Waals surface area contributed by atoms with Crippen molar-refractivity contribution in [2.24, 2.45) is 0 Å². The molecular weight excluding hydrogens is 292 g/mol. The number of halogens is 1. The normalized spacial score (nSPS) is 10.2. The monoisotopic (exact) mass is 306 g/mol. The zero-order chi connectivity index (χ0) is 13.1. The third-order valence-corrected chi connectivity index (χ3v) is 3.25. The van der Waals surface area contributed by atoms with Crippen molar-refractivity contribution < 1.29 is 4.74 Å². The van der Waals surface area contributed by atoms with Crippen molar-refractivity contribution in [2.75, 3.05) is 24.8 Å². The van der Waals surface area contributed by atoms with E-state index in [9.17, 15) is 0 Å². The molecule has 3 nitrogen and oxygen atoms in total. The Morgan fingerprint density at radius 2 is 1.94 bits per heavy atom. The van der Waals surface area contributed by atoms with Crippen LogP contribution >= 0.6 is 15.9 Å². The molecule has 0 aliphatic rings. The van der Waals surface area contributed by atoms with Gasteiger partial charge in [0.05, 0.1) is 12.8 Å². The molecule has 0 bridgehead atoms. The molecule has 0 radical (unpaired) electrons. The van der Waals surface area contributed by atoms with Gasteiger partial charge in [-0.15, -0.1) is 0 Å². The quantitative estimate of drug-likeness (QED) is 0.876.